The van der Waals surface area contributed by atoms with Gasteiger partial charge in [-0.1, -0.05) is 0 Å². The molecule has 104 valence electrons. The predicted molar refractivity (Wildman–Crippen MR) is 81.8 cm³/mol. The van der Waals surface area contributed by atoms with E-state index in [9.17, 15) is 4.79 Å². The Labute approximate surface area is 122 Å². The normalized spacial score (nSPS) is 15.1. The van der Waals surface area contributed by atoms with Crippen molar-refractivity contribution in [2.24, 2.45) is 0 Å². The topological polar surface area (TPSA) is 59.2 Å². The van der Waals surface area contributed by atoms with E-state index < -0.39 is 0 Å². The van der Waals surface area contributed by atoms with E-state index in [2.05, 4.69) is 4.98 Å². The zero-order valence-electron chi connectivity index (χ0n) is 11.4. The summed E-state index contributed by atoms with van der Waals surface area (Å²) in [6.07, 6.45) is 2.36. The third-order valence-electron chi connectivity index (χ3n) is 3.49. The number of rotatable bonds is 2. The number of benzene rings is 1. The van der Waals surface area contributed by atoms with Crippen molar-refractivity contribution in [3.8, 4) is 0 Å². The second-order valence-electron chi connectivity index (χ2n) is 5.10. The van der Waals surface area contributed by atoms with Gasteiger partial charge in [-0.2, -0.15) is 0 Å². The van der Waals surface area contributed by atoms with Crippen molar-refractivity contribution >= 4 is 28.6 Å². The Bertz CT molecular complexity index is 650. The number of thiazole rings is 1. The minimum atomic E-state index is 0.168. The smallest absolute Gasteiger partial charge is 0.227 e. The summed E-state index contributed by atoms with van der Waals surface area (Å²) in [6.45, 7) is 2.52. The van der Waals surface area contributed by atoms with Gasteiger partial charge < -0.3 is 10.6 Å². The molecule has 0 bridgehead atoms. The summed E-state index contributed by atoms with van der Waals surface area (Å²) in [5, 5.41) is 2.99. The molecule has 2 N–H and O–H groups in total. The first-order valence-electron chi connectivity index (χ1n) is 6.73. The maximum Gasteiger partial charge on any atom is 0.227 e. The van der Waals surface area contributed by atoms with Crippen LogP contribution < -0.4 is 10.6 Å². The first kappa shape index (κ1) is 13.1. The van der Waals surface area contributed by atoms with Gasteiger partial charge in [-0.3, -0.25) is 4.79 Å². The molecule has 20 heavy (non-hydrogen) atoms. The number of hydrogen-bond donors (Lipinski definition) is 1. The van der Waals surface area contributed by atoms with Crippen molar-refractivity contribution < 1.29 is 4.79 Å². The van der Waals surface area contributed by atoms with E-state index in [1.54, 1.807) is 11.3 Å². The summed E-state index contributed by atoms with van der Waals surface area (Å²) in [7, 11) is 0. The molecule has 5 heteroatoms. The van der Waals surface area contributed by atoms with Gasteiger partial charge in [-0.05, 0) is 43.5 Å². The van der Waals surface area contributed by atoms with Gasteiger partial charge in [0.2, 0.25) is 5.91 Å². The quantitative estimate of drug-likeness (QED) is 0.864. The molecular formula is C15H17N3OS. The Morgan fingerprint density at radius 1 is 1.40 bits per heavy atom. The largest absolute Gasteiger partial charge is 0.399 e. The molecule has 0 atom stereocenters. The third-order valence-corrected chi connectivity index (χ3v) is 4.44. The second kappa shape index (κ2) is 5.25. The zero-order valence-corrected chi connectivity index (χ0v) is 12.2. The molecule has 1 aliphatic rings. The van der Waals surface area contributed by atoms with Crippen LogP contribution in [0.25, 0.3) is 0 Å². The van der Waals surface area contributed by atoms with Crippen molar-refractivity contribution in [2.75, 3.05) is 10.6 Å². The fourth-order valence-electron chi connectivity index (χ4n) is 2.55. The maximum atomic E-state index is 12.3. The van der Waals surface area contributed by atoms with Crippen LogP contribution in [-0.4, -0.2) is 10.9 Å². The highest BCUT2D eigenvalue weighted by molar-refractivity contribution is 7.09. The molecule has 0 spiro atoms. The average Bonchev–Trinajstić information content (AvgIpc) is 2.75. The fourth-order valence-corrected chi connectivity index (χ4v) is 3.31. The molecular weight excluding hydrogens is 270 g/mol. The number of hydrogen-bond acceptors (Lipinski definition) is 4. The Morgan fingerprint density at radius 3 is 3.00 bits per heavy atom. The molecule has 3 rings (SSSR count). The SMILES string of the molecule is Cc1csc(CN2C(=O)CCCc3cc(N)ccc32)n1. The molecule has 1 aromatic carbocycles. The van der Waals surface area contributed by atoms with E-state index in [1.165, 1.54) is 0 Å². The second-order valence-corrected chi connectivity index (χ2v) is 6.05. The van der Waals surface area contributed by atoms with E-state index >= 15 is 0 Å². The molecule has 4 nitrogen and oxygen atoms in total. The van der Waals surface area contributed by atoms with Crippen molar-refractivity contribution in [2.45, 2.75) is 32.7 Å². The van der Waals surface area contributed by atoms with E-state index in [0.29, 0.717) is 13.0 Å². The standard InChI is InChI=1S/C15H17N3OS/c1-10-9-20-14(17-10)8-18-13-6-5-12(16)7-11(13)3-2-4-15(18)19/h5-7,9H,2-4,8,16H2,1H3. The molecule has 2 heterocycles. The van der Waals surface area contributed by atoms with Gasteiger partial charge in [0.1, 0.15) is 5.01 Å². The number of carbonyl (C=O) groups is 1. The predicted octanol–water partition coefficient (Wildman–Crippen LogP) is 2.90. The first-order valence-corrected chi connectivity index (χ1v) is 7.61. The number of amides is 1. The van der Waals surface area contributed by atoms with Gasteiger partial charge in [0.25, 0.3) is 0 Å². The van der Waals surface area contributed by atoms with Gasteiger partial charge in [0.15, 0.2) is 0 Å². The lowest BCUT2D eigenvalue weighted by atomic mass is 10.1. The number of anilines is 2. The van der Waals surface area contributed by atoms with Crippen LogP contribution >= 0.6 is 11.3 Å². The summed E-state index contributed by atoms with van der Waals surface area (Å²) >= 11 is 1.60. The van der Waals surface area contributed by atoms with Crippen LogP contribution in [0.5, 0.6) is 0 Å². The molecule has 0 unspecified atom stereocenters. The molecule has 1 aromatic heterocycles. The molecule has 1 aliphatic heterocycles. The maximum absolute atomic E-state index is 12.3. The van der Waals surface area contributed by atoms with Gasteiger partial charge in [-0.25, -0.2) is 4.98 Å². The van der Waals surface area contributed by atoms with Crippen molar-refractivity contribution in [1.29, 1.82) is 0 Å². The summed E-state index contributed by atoms with van der Waals surface area (Å²) in [4.78, 5) is 18.7. The number of aryl methyl sites for hydroxylation is 2. The van der Waals surface area contributed by atoms with E-state index in [4.69, 9.17) is 5.73 Å². The van der Waals surface area contributed by atoms with Crippen LogP contribution in [-0.2, 0) is 17.8 Å². The number of aromatic nitrogens is 1. The van der Waals surface area contributed by atoms with Crippen molar-refractivity contribution in [3.63, 3.8) is 0 Å². The lowest BCUT2D eigenvalue weighted by molar-refractivity contribution is -0.118. The van der Waals surface area contributed by atoms with Crippen LogP contribution in [0.15, 0.2) is 23.6 Å². The summed E-state index contributed by atoms with van der Waals surface area (Å²) in [5.41, 5.74) is 9.75. The number of carbonyl (C=O) groups excluding carboxylic acids is 1. The van der Waals surface area contributed by atoms with Crippen LogP contribution in [0.1, 0.15) is 29.1 Å². The lowest BCUT2D eigenvalue weighted by Gasteiger charge is -2.22. The monoisotopic (exact) mass is 287 g/mol. The van der Waals surface area contributed by atoms with Gasteiger partial charge in [0.05, 0.1) is 6.54 Å². The van der Waals surface area contributed by atoms with E-state index in [0.717, 1.165) is 40.5 Å². The Morgan fingerprint density at radius 2 is 2.25 bits per heavy atom. The van der Waals surface area contributed by atoms with E-state index in [-0.39, 0.29) is 5.91 Å². The number of nitrogen functional groups attached to an aromatic ring is 1. The molecule has 1 amide bonds. The van der Waals surface area contributed by atoms with E-state index in [1.807, 2.05) is 35.4 Å². The molecule has 0 saturated heterocycles. The van der Waals surface area contributed by atoms with Gasteiger partial charge in [0, 0.05) is 28.9 Å². The minimum Gasteiger partial charge on any atom is -0.399 e. The Balaban J connectivity index is 1.97. The molecule has 0 aliphatic carbocycles. The third kappa shape index (κ3) is 2.54. The highest BCUT2D eigenvalue weighted by atomic mass is 32.1. The molecule has 0 radical (unpaired) electrons. The number of nitrogens with zero attached hydrogens (tertiary/aromatic N) is 2. The highest BCUT2D eigenvalue weighted by Gasteiger charge is 2.23. The molecule has 0 saturated carbocycles. The average molecular weight is 287 g/mol. The van der Waals surface area contributed by atoms with Crippen LogP contribution in [0, 0.1) is 6.92 Å². The first-order chi connectivity index (χ1) is 9.63. The summed E-state index contributed by atoms with van der Waals surface area (Å²) < 4.78 is 0. The fraction of sp³-hybridized carbons (Fsp3) is 0.333. The van der Waals surface area contributed by atoms with Crippen molar-refractivity contribution in [1.82, 2.24) is 4.98 Å². The summed E-state index contributed by atoms with van der Waals surface area (Å²) in [5.74, 6) is 0.168. The van der Waals surface area contributed by atoms with Crippen LogP contribution in [0.2, 0.25) is 0 Å². The van der Waals surface area contributed by atoms with Crippen molar-refractivity contribution in [3.05, 3.63) is 39.8 Å². The number of fused-ring (bicyclic) bond motifs is 1. The zero-order chi connectivity index (χ0) is 14.1. The Kier molecular flexibility index (Phi) is 3.44. The van der Waals surface area contributed by atoms with Gasteiger partial charge in [-0.15, -0.1) is 11.3 Å². The van der Waals surface area contributed by atoms with Crippen LogP contribution in [0.4, 0.5) is 11.4 Å². The van der Waals surface area contributed by atoms with Crippen LogP contribution in [0.3, 0.4) is 0 Å². The molecule has 2 aromatic rings. The van der Waals surface area contributed by atoms with Gasteiger partial charge >= 0.3 is 0 Å². The number of nitrogens with two attached hydrogens (primary N) is 1. The Hall–Kier alpha value is -1.88. The lowest BCUT2D eigenvalue weighted by Crippen LogP contribution is -2.29. The minimum absolute atomic E-state index is 0.168. The molecule has 0 fully saturated rings. The summed E-state index contributed by atoms with van der Waals surface area (Å²) in [6, 6.07) is 5.79. The highest BCUT2D eigenvalue weighted by Crippen LogP contribution is 2.30.